The molecule has 0 aliphatic carbocycles. The van der Waals surface area contributed by atoms with Crippen molar-refractivity contribution < 1.29 is 42.9 Å². The molecule has 0 aliphatic rings. The minimum atomic E-state index is -1.61. The molecule has 0 bridgehead atoms. The number of carbonyl (C=O) groups is 3. The second kappa shape index (κ2) is 52.4. The van der Waals surface area contributed by atoms with Gasteiger partial charge in [-0.15, -0.1) is 0 Å². The van der Waals surface area contributed by atoms with E-state index in [0.29, 0.717) is 17.4 Å². The molecule has 0 aromatic rings. The number of ether oxygens (including phenoxy) is 4. The minimum Gasteiger partial charge on any atom is -0.545 e. The fourth-order valence-electron chi connectivity index (χ4n) is 8.89. The molecule has 0 aromatic heterocycles. The number of quaternary nitrogens is 1. The molecule has 0 radical (unpaired) electrons. The molecule has 408 valence electrons. The fraction of sp³-hybridized carbons (Fsp3) is 0.917. The Morgan fingerprint density at radius 3 is 1.07 bits per heavy atom. The molecule has 2 unspecified atom stereocenters. The number of unbranched alkanes of at least 4 members (excludes halogenated alkanes) is 39. The van der Waals surface area contributed by atoms with Crippen LogP contribution in [0.25, 0.3) is 0 Å². The van der Waals surface area contributed by atoms with Crippen LogP contribution in [0.5, 0.6) is 0 Å². The maximum atomic E-state index is 12.8. The Bertz CT molecular complexity index is 1140. The molecule has 0 rings (SSSR count). The first kappa shape index (κ1) is 67.0. The zero-order valence-electron chi connectivity index (χ0n) is 46.5. The highest BCUT2D eigenvalue weighted by atomic mass is 16.7. The number of esters is 2. The van der Waals surface area contributed by atoms with E-state index < -0.39 is 24.3 Å². The van der Waals surface area contributed by atoms with Crippen molar-refractivity contribution in [2.45, 2.75) is 309 Å². The maximum Gasteiger partial charge on any atom is 0.306 e. The zero-order chi connectivity index (χ0) is 50.6. The number of likely N-dealkylation sites (N-methyl/N-ethyl adjacent to an activating group) is 1. The summed E-state index contributed by atoms with van der Waals surface area (Å²) >= 11 is 0. The van der Waals surface area contributed by atoms with Gasteiger partial charge in [0, 0.05) is 12.8 Å². The maximum absolute atomic E-state index is 12.8. The van der Waals surface area contributed by atoms with Gasteiger partial charge in [0.05, 0.1) is 40.3 Å². The number of nitrogens with zero attached hydrogens (tertiary/aromatic N) is 1. The first-order valence-corrected chi connectivity index (χ1v) is 29.8. The van der Waals surface area contributed by atoms with E-state index in [2.05, 4.69) is 26.0 Å². The number of aliphatic carboxylic acids is 1. The SMILES string of the molecule is CCCCCCCCCC/C=C\CCCCCCCCCCCCCCCCCCCCCCCC(=O)OC(COC(=O)CCCCCCCCCCCCC)COC(OCC[N+](C)(C)C)C(=O)[O-]. The van der Waals surface area contributed by atoms with Crippen LogP contribution in [0.4, 0.5) is 0 Å². The van der Waals surface area contributed by atoms with Gasteiger partial charge in [-0.3, -0.25) is 9.59 Å². The van der Waals surface area contributed by atoms with Crippen molar-refractivity contribution in [1.29, 1.82) is 0 Å². The number of rotatable bonds is 56. The number of allylic oxidation sites excluding steroid dienone is 2. The molecule has 0 fully saturated rings. The molecule has 0 saturated heterocycles. The smallest absolute Gasteiger partial charge is 0.306 e. The molecule has 0 N–H and O–H groups in total. The number of hydrogen-bond donors (Lipinski definition) is 0. The molecular formula is C60H115NO8. The van der Waals surface area contributed by atoms with Crippen LogP contribution in [0.3, 0.4) is 0 Å². The fourth-order valence-corrected chi connectivity index (χ4v) is 8.89. The van der Waals surface area contributed by atoms with Crippen LogP contribution in [-0.4, -0.2) is 82.3 Å². The summed E-state index contributed by atoms with van der Waals surface area (Å²) in [5.74, 6) is -2.26. The van der Waals surface area contributed by atoms with Crippen LogP contribution in [0, 0.1) is 0 Å². The summed E-state index contributed by atoms with van der Waals surface area (Å²) in [5.41, 5.74) is 0. The number of carboxylic acid groups (broad SMARTS) is 1. The Labute approximate surface area is 427 Å². The standard InChI is InChI=1S/C60H115NO8/c1-6-8-10-12-14-16-18-19-20-21-22-23-24-25-26-27-28-29-30-31-32-33-34-35-36-37-38-39-41-43-45-47-49-51-58(63)69-56(55-68-60(59(64)65)66-53-52-61(3,4)5)54-67-57(62)50-48-46-44-42-40-17-15-13-11-9-7-2/h21-22,56,60H,6-20,23-55H2,1-5H3/b22-21-. The first-order chi connectivity index (χ1) is 33.6. The summed E-state index contributed by atoms with van der Waals surface area (Å²) in [6.45, 7) is 4.78. The summed E-state index contributed by atoms with van der Waals surface area (Å²) in [4.78, 5) is 37.1. The zero-order valence-corrected chi connectivity index (χ0v) is 46.5. The molecule has 0 aliphatic heterocycles. The van der Waals surface area contributed by atoms with Crippen molar-refractivity contribution in [2.75, 3.05) is 47.5 Å². The van der Waals surface area contributed by atoms with Gasteiger partial charge in [-0.05, 0) is 38.5 Å². The molecule has 0 saturated carbocycles. The summed E-state index contributed by atoms with van der Waals surface area (Å²) < 4.78 is 22.7. The lowest BCUT2D eigenvalue weighted by Crippen LogP contribution is -2.44. The van der Waals surface area contributed by atoms with Crippen molar-refractivity contribution in [3.63, 3.8) is 0 Å². The Morgan fingerprint density at radius 1 is 0.420 bits per heavy atom. The third-order valence-corrected chi connectivity index (χ3v) is 13.5. The largest absolute Gasteiger partial charge is 0.545 e. The molecule has 0 amide bonds. The monoisotopic (exact) mass is 978 g/mol. The van der Waals surface area contributed by atoms with E-state index in [4.69, 9.17) is 18.9 Å². The van der Waals surface area contributed by atoms with Gasteiger partial charge in [-0.1, -0.05) is 257 Å². The van der Waals surface area contributed by atoms with Crippen molar-refractivity contribution in [2.24, 2.45) is 0 Å². The van der Waals surface area contributed by atoms with Crippen LogP contribution >= 0.6 is 0 Å². The van der Waals surface area contributed by atoms with Gasteiger partial charge in [0.1, 0.15) is 13.2 Å². The Balaban J connectivity index is 3.98. The summed E-state index contributed by atoms with van der Waals surface area (Å²) in [6, 6.07) is 0. The number of carboxylic acids is 1. The molecule has 0 spiro atoms. The quantitative estimate of drug-likeness (QED) is 0.0195. The average molecular weight is 979 g/mol. The van der Waals surface area contributed by atoms with Gasteiger partial charge in [-0.2, -0.15) is 0 Å². The van der Waals surface area contributed by atoms with E-state index >= 15 is 0 Å². The molecule has 9 heteroatoms. The second-order valence-corrected chi connectivity index (χ2v) is 21.6. The van der Waals surface area contributed by atoms with Crippen molar-refractivity contribution >= 4 is 17.9 Å². The van der Waals surface area contributed by atoms with E-state index in [1.165, 1.54) is 231 Å². The van der Waals surface area contributed by atoms with E-state index in [-0.39, 0.29) is 32.2 Å². The summed E-state index contributed by atoms with van der Waals surface area (Å²) in [7, 11) is 5.93. The van der Waals surface area contributed by atoms with Gasteiger partial charge in [-0.25, -0.2) is 0 Å². The van der Waals surface area contributed by atoms with Crippen LogP contribution in [0.2, 0.25) is 0 Å². The van der Waals surface area contributed by atoms with E-state index in [1.54, 1.807) is 0 Å². The molecule has 2 atom stereocenters. The third-order valence-electron chi connectivity index (χ3n) is 13.5. The van der Waals surface area contributed by atoms with Gasteiger partial charge < -0.3 is 33.3 Å². The third kappa shape index (κ3) is 53.7. The lowest BCUT2D eigenvalue weighted by Gasteiger charge is -2.26. The van der Waals surface area contributed by atoms with Crippen LogP contribution in [0.1, 0.15) is 296 Å². The number of hydrogen-bond acceptors (Lipinski definition) is 8. The highest BCUT2D eigenvalue weighted by Crippen LogP contribution is 2.18. The Morgan fingerprint density at radius 2 is 0.739 bits per heavy atom. The van der Waals surface area contributed by atoms with Crippen molar-refractivity contribution in [1.82, 2.24) is 0 Å². The molecule has 9 nitrogen and oxygen atoms in total. The normalized spacial score (nSPS) is 12.8. The summed E-state index contributed by atoms with van der Waals surface area (Å²) in [5, 5.41) is 11.7. The molecule has 69 heavy (non-hydrogen) atoms. The molecule has 0 heterocycles. The van der Waals surface area contributed by atoms with E-state index in [9.17, 15) is 19.5 Å². The predicted octanol–water partition coefficient (Wildman–Crippen LogP) is 16.0. The Hall–Kier alpha value is -1.97. The Kier molecular flexibility index (Phi) is 50.9. The van der Waals surface area contributed by atoms with Crippen LogP contribution < -0.4 is 5.11 Å². The lowest BCUT2D eigenvalue weighted by atomic mass is 10.0. The number of carbonyl (C=O) groups excluding carboxylic acids is 3. The van der Waals surface area contributed by atoms with Crippen LogP contribution in [-0.2, 0) is 33.3 Å². The van der Waals surface area contributed by atoms with Crippen LogP contribution in [0.15, 0.2) is 12.2 Å². The van der Waals surface area contributed by atoms with Crippen molar-refractivity contribution in [3.05, 3.63) is 12.2 Å². The molecular weight excluding hydrogens is 863 g/mol. The average Bonchev–Trinajstić information content (AvgIpc) is 3.31. The minimum absolute atomic E-state index is 0.152. The second-order valence-electron chi connectivity index (χ2n) is 21.6. The van der Waals surface area contributed by atoms with Gasteiger partial charge in [0.25, 0.3) is 0 Å². The van der Waals surface area contributed by atoms with Gasteiger partial charge in [0.2, 0.25) is 0 Å². The van der Waals surface area contributed by atoms with Gasteiger partial charge >= 0.3 is 11.9 Å². The molecule has 0 aromatic carbocycles. The highest BCUT2D eigenvalue weighted by Gasteiger charge is 2.22. The van der Waals surface area contributed by atoms with Gasteiger partial charge in [0.15, 0.2) is 12.4 Å². The van der Waals surface area contributed by atoms with E-state index in [0.717, 1.165) is 38.5 Å². The lowest BCUT2D eigenvalue weighted by molar-refractivity contribution is -0.870. The predicted molar refractivity (Wildman–Crippen MR) is 288 cm³/mol. The topological polar surface area (TPSA) is 111 Å². The van der Waals surface area contributed by atoms with E-state index in [1.807, 2.05) is 21.1 Å². The first-order valence-electron chi connectivity index (χ1n) is 29.8. The summed E-state index contributed by atoms with van der Waals surface area (Å²) in [6.07, 6.45) is 57.2. The highest BCUT2D eigenvalue weighted by molar-refractivity contribution is 5.70. The van der Waals surface area contributed by atoms with Crippen molar-refractivity contribution in [3.8, 4) is 0 Å².